The van der Waals surface area contributed by atoms with Crippen molar-refractivity contribution in [2.24, 2.45) is 11.8 Å². The van der Waals surface area contributed by atoms with E-state index in [1.165, 1.54) is 32.8 Å². The van der Waals surface area contributed by atoms with Gasteiger partial charge in [0, 0.05) is 5.33 Å². The lowest BCUT2D eigenvalue weighted by Crippen LogP contribution is -2.20. The molecule has 110 valence electrons. The van der Waals surface area contributed by atoms with E-state index < -0.39 is 0 Å². The molecule has 1 saturated carbocycles. The second-order valence-corrected chi connectivity index (χ2v) is 6.02. The van der Waals surface area contributed by atoms with Gasteiger partial charge in [-0.25, -0.2) is 4.79 Å². The van der Waals surface area contributed by atoms with Crippen LogP contribution in [0.1, 0.15) is 36.0 Å². The van der Waals surface area contributed by atoms with Crippen LogP contribution in [0.15, 0.2) is 24.3 Å². The van der Waals surface area contributed by atoms with Gasteiger partial charge in [0.1, 0.15) is 5.75 Å². The smallest absolute Gasteiger partial charge is 0.337 e. The maximum absolute atomic E-state index is 11.3. The normalized spacial score (nSPS) is 22.3. The van der Waals surface area contributed by atoms with Crippen molar-refractivity contribution in [3.63, 3.8) is 0 Å². The van der Waals surface area contributed by atoms with Gasteiger partial charge in [-0.1, -0.05) is 15.9 Å². The van der Waals surface area contributed by atoms with Crippen molar-refractivity contribution >= 4 is 21.9 Å². The van der Waals surface area contributed by atoms with Crippen molar-refractivity contribution in [3.8, 4) is 5.75 Å². The number of carbonyl (C=O) groups is 1. The van der Waals surface area contributed by atoms with Crippen molar-refractivity contribution in [1.82, 2.24) is 0 Å². The third kappa shape index (κ3) is 4.23. The highest BCUT2D eigenvalue weighted by Crippen LogP contribution is 2.30. The maximum Gasteiger partial charge on any atom is 0.337 e. The number of alkyl halides is 1. The van der Waals surface area contributed by atoms with E-state index in [-0.39, 0.29) is 5.97 Å². The summed E-state index contributed by atoms with van der Waals surface area (Å²) in [6, 6.07) is 7.14. The van der Waals surface area contributed by atoms with Crippen LogP contribution in [-0.4, -0.2) is 25.0 Å². The summed E-state index contributed by atoms with van der Waals surface area (Å²) < 4.78 is 10.5. The zero-order valence-electron chi connectivity index (χ0n) is 11.8. The number of rotatable bonds is 5. The molecular formula is C16H21BrO3. The van der Waals surface area contributed by atoms with Gasteiger partial charge in [0.2, 0.25) is 0 Å². The van der Waals surface area contributed by atoms with Gasteiger partial charge in [-0.3, -0.25) is 0 Å². The minimum atomic E-state index is -0.315. The summed E-state index contributed by atoms with van der Waals surface area (Å²) in [7, 11) is 1.38. The van der Waals surface area contributed by atoms with E-state index in [0.717, 1.165) is 23.6 Å². The Bertz CT molecular complexity index is 422. The van der Waals surface area contributed by atoms with Crippen LogP contribution in [-0.2, 0) is 4.74 Å². The Labute approximate surface area is 128 Å². The van der Waals surface area contributed by atoms with E-state index in [1.807, 2.05) is 12.1 Å². The highest BCUT2D eigenvalue weighted by molar-refractivity contribution is 9.09. The zero-order chi connectivity index (χ0) is 14.4. The monoisotopic (exact) mass is 340 g/mol. The summed E-state index contributed by atoms with van der Waals surface area (Å²) in [5.41, 5.74) is 0.553. The number of benzene rings is 1. The molecule has 0 N–H and O–H groups in total. The number of methoxy groups -OCH3 is 1. The topological polar surface area (TPSA) is 35.5 Å². The molecule has 0 atom stereocenters. The first-order chi connectivity index (χ1) is 9.72. The number of esters is 1. The van der Waals surface area contributed by atoms with Crippen LogP contribution in [0, 0.1) is 11.8 Å². The molecule has 20 heavy (non-hydrogen) atoms. The molecule has 0 spiro atoms. The quantitative estimate of drug-likeness (QED) is 0.599. The molecule has 1 aromatic carbocycles. The van der Waals surface area contributed by atoms with E-state index in [0.29, 0.717) is 11.5 Å². The number of halogens is 1. The number of hydrogen-bond donors (Lipinski definition) is 0. The van der Waals surface area contributed by atoms with Crippen molar-refractivity contribution in [1.29, 1.82) is 0 Å². The second-order valence-electron chi connectivity index (χ2n) is 5.37. The third-order valence-corrected chi connectivity index (χ3v) is 4.86. The molecular weight excluding hydrogens is 320 g/mol. The van der Waals surface area contributed by atoms with Crippen molar-refractivity contribution in [2.45, 2.75) is 25.7 Å². The molecule has 0 amide bonds. The largest absolute Gasteiger partial charge is 0.493 e. The highest BCUT2D eigenvalue weighted by atomic mass is 79.9. The molecule has 3 nitrogen and oxygen atoms in total. The van der Waals surface area contributed by atoms with Crippen LogP contribution < -0.4 is 4.74 Å². The number of carbonyl (C=O) groups excluding carboxylic acids is 1. The average molecular weight is 341 g/mol. The van der Waals surface area contributed by atoms with E-state index in [4.69, 9.17) is 4.74 Å². The van der Waals surface area contributed by atoms with Gasteiger partial charge in [-0.2, -0.15) is 0 Å². The Morgan fingerprint density at radius 3 is 2.30 bits per heavy atom. The summed E-state index contributed by atoms with van der Waals surface area (Å²) in [6.07, 6.45) is 5.08. The molecule has 2 rings (SSSR count). The fourth-order valence-electron chi connectivity index (χ4n) is 2.57. The standard InChI is InChI=1S/C16H21BrO3/c1-19-16(18)14-6-8-15(9-7-14)20-11-13-4-2-12(10-17)3-5-13/h6-9,12-13H,2-5,10-11H2,1H3. The van der Waals surface area contributed by atoms with E-state index in [9.17, 15) is 4.79 Å². The van der Waals surface area contributed by atoms with E-state index >= 15 is 0 Å². The molecule has 0 radical (unpaired) electrons. The van der Waals surface area contributed by atoms with Gasteiger partial charge in [0.05, 0.1) is 19.3 Å². The molecule has 1 fully saturated rings. The van der Waals surface area contributed by atoms with Gasteiger partial charge < -0.3 is 9.47 Å². The Morgan fingerprint density at radius 2 is 1.75 bits per heavy atom. The summed E-state index contributed by atoms with van der Waals surface area (Å²) in [5, 5.41) is 1.12. The van der Waals surface area contributed by atoms with E-state index in [2.05, 4.69) is 20.7 Å². The Kier molecular flexibility index (Phi) is 5.89. The van der Waals surface area contributed by atoms with Gasteiger partial charge in [0.25, 0.3) is 0 Å². The van der Waals surface area contributed by atoms with Crippen LogP contribution in [0.2, 0.25) is 0 Å². The first-order valence-corrected chi connectivity index (χ1v) is 8.22. The summed E-state index contributed by atoms with van der Waals surface area (Å²) in [5.74, 6) is 2.00. The number of ether oxygens (including phenoxy) is 2. The van der Waals surface area contributed by atoms with Crippen molar-refractivity contribution < 1.29 is 14.3 Å². The van der Waals surface area contributed by atoms with E-state index in [1.54, 1.807) is 12.1 Å². The summed E-state index contributed by atoms with van der Waals surface area (Å²) in [6.45, 7) is 0.770. The van der Waals surface area contributed by atoms with Gasteiger partial charge >= 0.3 is 5.97 Å². The first kappa shape index (κ1) is 15.4. The lowest BCUT2D eigenvalue weighted by Gasteiger charge is -2.27. The fourth-order valence-corrected chi connectivity index (χ4v) is 3.22. The molecule has 0 bridgehead atoms. The fraction of sp³-hybridized carbons (Fsp3) is 0.562. The minimum Gasteiger partial charge on any atom is -0.493 e. The second kappa shape index (κ2) is 7.67. The van der Waals surface area contributed by atoms with Gasteiger partial charge in [0.15, 0.2) is 0 Å². The summed E-state index contributed by atoms with van der Waals surface area (Å²) >= 11 is 3.56. The molecule has 1 aliphatic carbocycles. The average Bonchev–Trinajstić information content (AvgIpc) is 2.53. The lowest BCUT2D eigenvalue weighted by atomic mass is 9.83. The zero-order valence-corrected chi connectivity index (χ0v) is 13.4. The molecule has 0 heterocycles. The molecule has 0 aliphatic heterocycles. The third-order valence-electron chi connectivity index (χ3n) is 3.95. The summed E-state index contributed by atoms with van der Waals surface area (Å²) in [4.78, 5) is 11.3. The predicted octanol–water partition coefficient (Wildman–Crippen LogP) is 4.05. The van der Waals surface area contributed by atoms with Gasteiger partial charge in [-0.05, 0) is 61.8 Å². The maximum atomic E-state index is 11.3. The van der Waals surface area contributed by atoms with Crippen LogP contribution in [0.25, 0.3) is 0 Å². The Balaban J connectivity index is 1.78. The molecule has 0 saturated heterocycles. The number of hydrogen-bond acceptors (Lipinski definition) is 3. The molecule has 0 aromatic heterocycles. The first-order valence-electron chi connectivity index (χ1n) is 7.10. The minimum absolute atomic E-state index is 0.315. The molecule has 1 aliphatic rings. The SMILES string of the molecule is COC(=O)c1ccc(OCC2CCC(CBr)CC2)cc1. The Hall–Kier alpha value is -1.03. The lowest BCUT2D eigenvalue weighted by molar-refractivity contribution is 0.0600. The van der Waals surface area contributed by atoms with Crippen LogP contribution >= 0.6 is 15.9 Å². The van der Waals surface area contributed by atoms with Crippen LogP contribution in [0.5, 0.6) is 5.75 Å². The van der Waals surface area contributed by atoms with Gasteiger partial charge in [-0.15, -0.1) is 0 Å². The predicted molar refractivity (Wildman–Crippen MR) is 82.5 cm³/mol. The Morgan fingerprint density at radius 1 is 1.15 bits per heavy atom. The molecule has 4 heteroatoms. The van der Waals surface area contributed by atoms with Crippen molar-refractivity contribution in [3.05, 3.63) is 29.8 Å². The van der Waals surface area contributed by atoms with Crippen LogP contribution in [0.3, 0.4) is 0 Å². The van der Waals surface area contributed by atoms with Crippen LogP contribution in [0.4, 0.5) is 0 Å². The van der Waals surface area contributed by atoms with Crippen molar-refractivity contribution in [2.75, 3.05) is 19.0 Å². The highest BCUT2D eigenvalue weighted by Gasteiger charge is 2.20. The molecule has 1 aromatic rings. The molecule has 0 unspecified atom stereocenters.